The zero-order valence-electron chi connectivity index (χ0n) is 9.93. The van der Waals surface area contributed by atoms with E-state index in [1.165, 1.54) is 6.07 Å². The second-order valence-corrected chi connectivity index (χ2v) is 4.25. The minimum absolute atomic E-state index is 0.392. The van der Waals surface area contributed by atoms with E-state index in [0.29, 0.717) is 12.4 Å². The van der Waals surface area contributed by atoms with Crippen molar-refractivity contribution in [2.75, 3.05) is 19.0 Å². The van der Waals surface area contributed by atoms with Gasteiger partial charge in [0.05, 0.1) is 11.2 Å². The van der Waals surface area contributed by atoms with Crippen LogP contribution in [0.5, 0.6) is 0 Å². The lowest BCUT2D eigenvalue weighted by molar-refractivity contribution is -0.137. The average molecular weight is 248 g/mol. The van der Waals surface area contributed by atoms with Crippen molar-refractivity contribution in [2.45, 2.75) is 25.6 Å². The third-order valence-electron chi connectivity index (χ3n) is 2.34. The van der Waals surface area contributed by atoms with E-state index in [-0.39, 0.29) is 0 Å². The molecule has 17 heavy (non-hydrogen) atoms. The van der Waals surface area contributed by atoms with Gasteiger partial charge in [0.1, 0.15) is 5.82 Å². The topological polar surface area (TPSA) is 34.1 Å². The number of ether oxygens (including phenoxy) is 1. The first-order valence-electron chi connectivity index (χ1n) is 5.07. The molecule has 0 aliphatic heterocycles. The van der Waals surface area contributed by atoms with E-state index in [2.05, 4.69) is 10.3 Å². The van der Waals surface area contributed by atoms with Crippen LogP contribution in [0.3, 0.4) is 0 Å². The maximum absolute atomic E-state index is 12.3. The molecule has 0 atom stereocenters. The van der Waals surface area contributed by atoms with Gasteiger partial charge in [0.2, 0.25) is 0 Å². The quantitative estimate of drug-likeness (QED) is 0.889. The zero-order chi connectivity index (χ0) is 13.1. The zero-order valence-corrected chi connectivity index (χ0v) is 9.93. The molecule has 0 radical (unpaired) electrons. The molecule has 0 fully saturated rings. The maximum atomic E-state index is 12.3. The summed E-state index contributed by atoms with van der Waals surface area (Å²) in [5.41, 5.74) is -1.15. The predicted octanol–water partition coefficient (Wildman–Crippen LogP) is 2.94. The van der Waals surface area contributed by atoms with Crippen molar-refractivity contribution >= 4 is 5.82 Å². The largest absolute Gasteiger partial charge is 0.417 e. The number of hydrogen-bond donors (Lipinski definition) is 1. The third-order valence-corrected chi connectivity index (χ3v) is 2.34. The average Bonchev–Trinajstić information content (AvgIpc) is 2.26. The number of aromatic nitrogens is 1. The van der Waals surface area contributed by atoms with Crippen LogP contribution >= 0.6 is 0 Å². The number of nitrogens with one attached hydrogen (secondary N) is 1. The Morgan fingerprint density at radius 2 is 1.94 bits per heavy atom. The van der Waals surface area contributed by atoms with Crippen LogP contribution in [-0.2, 0) is 10.9 Å². The summed E-state index contributed by atoms with van der Waals surface area (Å²) in [6.07, 6.45) is -3.54. The summed E-state index contributed by atoms with van der Waals surface area (Å²) in [6.45, 7) is 4.19. The van der Waals surface area contributed by atoms with Crippen molar-refractivity contribution in [2.24, 2.45) is 0 Å². The highest BCUT2D eigenvalue weighted by atomic mass is 19.4. The first kappa shape index (κ1) is 13.8. The Labute approximate surface area is 98.0 Å². The Kier molecular flexibility index (Phi) is 3.98. The molecule has 1 heterocycles. The molecule has 0 amide bonds. The van der Waals surface area contributed by atoms with Gasteiger partial charge in [-0.1, -0.05) is 0 Å². The van der Waals surface area contributed by atoms with Crippen molar-refractivity contribution in [3.05, 3.63) is 23.9 Å². The summed E-state index contributed by atoms with van der Waals surface area (Å²) in [7, 11) is 1.57. The number of alkyl halides is 3. The maximum Gasteiger partial charge on any atom is 0.417 e. The van der Waals surface area contributed by atoms with E-state index in [0.717, 1.165) is 12.3 Å². The molecular formula is C11H15F3N2O. The van der Waals surface area contributed by atoms with Gasteiger partial charge < -0.3 is 10.1 Å². The predicted molar refractivity (Wildman–Crippen MR) is 58.8 cm³/mol. The van der Waals surface area contributed by atoms with E-state index in [4.69, 9.17) is 4.74 Å². The lowest BCUT2D eigenvalue weighted by Crippen LogP contribution is -2.32. The van der Waals surface area contributed by atoms with Crippen LogP contribution in [0.1, 0.15) is 19.4 Å². The third kappa shape index (κ3) is 4.22. The van der Waals surface area contributed by atoms with E-state index in [1.807, 2.05) is 13.8 Å². The molecule has 96 valence electrons. The molecule has 0 saturated heterocycles. The summed E-state index contributed by atoms with van der Waals surface area (Å²) in [5, 5.41) is 2.91. The normalized spacial score (nSPS) is 12.6. The number of nitrogens with zero attached hydrogens (tertiary/aromatic N) is 1. The van der Waals surface area contributed by atoms with Crippen molar-refractivity contribution in [3.8, 4) is 0 Å². The van der Waals surface area contributed by atoms with Gasteiger partial charge >= 0.3 is 6.18 Å². The van der Waals surface area contributed by atoms with Crippen LogP contribution in [0.15, 0.2) is 18.3 Å². The van der Waals surface area contributed by atoms with Crippen LogP contribution in [0.4, 0.5) is 19.0 Å². The van der Waals surface area contributed by atoms with Crippen molar-refractivity contribution in [1.82, 2.24) is 4.98 Å². The molecule has 0 spiro atoms. The first-order valence-corrected chi connectivity index (χ1v) is 5.07. The van der Waals surface area contributed by atoms with Crippen LogP contribution in [-0.4, -0.2) is 24.2 Å². The summed E-state index contributed by atoms with van der Waals surface area (Å²) in [6, 6.07) is 2.30. The smallest absolute Gasteiger partial charge is 0.377 e. The van der Waals surface area contributed by atoms with E-state index in [1.54, 1.807) is 7.11 Å². The summed E-state index contributed by atoms with van der Waals surface area (Å²) >= 11 is 0. The minimum atomic E-state index is -4.35. The van der Waals surface area contributed by atoms with Crippen molar-refractivity contribution in [1.29, 1.82) is 0 Å². The fourth-order valence-electron chi connectivity index (χ4n) is 1.04. The van der Waals surface area contributed by atoms with Gasteiger partial charge in [0.25, 0.3) is 0 Å². The molecule has 0 bridgehead atoms. The number of pyridine rings is 1. The van der Waals surface area contributed by atoms with Crippen molar-refractivity contribution < 1.29 is 17.9 Å². The first-order chi connectivity index (χ1) is 7.74. The Balaban J connectivity index is 2.64. The molecule has 0 aromatic carbocycles. The molecule has 1 aromatic rings. The van der Waals surface area contributed by atoms with Crippen LogP contribution in [0.2, 0.25) is 0 Å². The molecule has 0 unspecified atom stereocenters. The number of halogens is 3. The Hall–Kier alpha value is -1.30. The number of methoxy groups -OCH3 is 1. The molecule has 1 rings (SSSR count). The molecule has 0 saturated carbocycles. The fraction of sp³-hybridized carbons (Fsp3) is 0.545. The SMILES string of the molecule is COC(C)(C)CNc1ccc(C(F)(F)F)cn1. The van der Waals surface area contributed by atoms with Gasteiger partial charge in [-0.15, -0.1) is 0 Å². The van der Waals surface area contributed by atoms with Gasteiger partial charge in [0.15, 0.2) is 0 Å². The Bertz CT molecular complexity index is 360. The van der Waals surface area contributed by atoms with Crippen LogP contribution in [0, 0.1) is 0 Å². The van der Waals surface area contributed by atoms with Gasteiger partial charge in [0, 0.05) is 19.9 Å². The molecular weight excluding hydrogens is 233 g/mol. The van der Waals surface area contributed by atoms with Gasteiger partial charge in [-0.2, -0.15) is 13.2 Å². The molecule has 0 aliphatic rings. The van der Waals surface area contributed by atoms with Gasteiger partial charge in [-0.3, -0.25) is 0 Å². The lowest BCUT2D eigenvalue weighted by Gasteiger charge is -2.23. The van der Waals surface area contributed by atoms with Crippen LogP contribution in [0.25, 0.3) is 0 Å². The number of anilines is 1. The number of hydrogen-bond acceptors (Lipinski definition) is 3. The second-order valence-electron chi connectivity index (χ2n) is 4.25. The minimum Gasteiger partial charge on any atom is -0.377 e. The molecule has 1 N–H and O–H groups in total. The lowest BCUT2D eigenvalue weighted by atomic mass is 10.1. The highest BCUT2D eigenvalue weighted by Crippen LogP contribution is 2.28. The molecule has 0 aliphatic carbocycles. The Morgan fingerprint density at radius 1 is 1.29 bits per heavy atom. The molecule has 6 heteroatoms. The summed E-state index contributed by atoms with van der Waals surface area (Å²) in [5.74, 6) is 0.392. The summed E-state index contributed by atoms with van der Waals surface area (Å²) in [4.78, 5) is 3.70. The van der Waals surface area contributed by atoms with E-state index >= 15 is 0 Å². The Morgan fingerprint density at radius 3 is 2.35 bits per heavy atom. The number of rotatable bonds is 4. The van der Waals surface area contributed by atoms with Crippen molar-refractivity contribution in [3.63, 3.8) is 0 Å². The van der Waals surface area contributed by atoms with E-state index in [9.17, 15) is 13.2 Å². The summed E-state index contributed by atoms with van der Waals surface area (Å²) < 4.78 is 42.0. The molecule has 1 aromatic heterocycles. The highest BCUT2D eigenvalue weighted by Gasteiger charge is 2.30. The van der Waals surface area contributed by atoms with Gasteiger partial charge in [-0.05, 0) is 26.0 Å². The standard InChI is InChI=1S/C11H15F3N2O/c1-10(2,17-3)7-16-9-5-4-8(6-15-9)11(12,13)14/h4-6H,7H2,1-3H3,(H,15,16). The second kappa shape index (κ2) is 4.91. The van der Waals surface area contributed by atoms with Crippen LogP contribution < -0.4 is 5.32 Å². The van der Waals surface area contributed by atoms with Gasteiger partial charge in [-0.25, -0.2) is 4.98 Å². The highest BCUT2D eigenvalue weighted by molar-refractivity contribution is 5.36. The monoisotopic (exact) mass is 248 g/mol. The molecule has 3 nitrogen and oxygen atoms in total. The van der Waals surface area contributed by atoms with E-state index < -0.39 is 17.3 Å². The fourth-order valence-corrected chi connectivity index (χ4v) is 1.04.